The summed E-state index contributed by atoms with van der Waals surface area (Å²) in [6.45, 7) is 5.68. The Morgan fingerprint density at radius 1 is 1.48 bits per heavy atom. The molecule has 0 aromatic carbocycles. The minimum Gasteiger partial charge on any atom is -0.470 e. The van der Waals surface area contributed by atoms with Crippen LogP contribution in [0.15, 0.2) is 15.8 Å². The molecule has 0 aliphatic carbocycles. The molecule has 0 radical (unpaired) electrons. The van der Waals surface area contributed by atoms with E-state index >= 15 is 0 Å². The van der Waals surface area contributed by atoms with Crippen LogP contribution in [0.4, 0.5) is 0 Å². The third kappa shape index (κ3) is 5.07. The molecule has 3 rings (SSSR count). The summed E-state index contributed by atoms with van der Waals surface area (Å²) in [7, 11) is 0. The van der Waals surface area contributed by atoms with E-state index in [9.17, 15) is 9.59 Å². The number of thioether (sulfide) groups is 1. The Labute approximate surface area is 177 Å². The third-order valence-corrected chi connectivity index (χ3v) is 5.92. The molecule has 2 fully saturated rings. The van der Waals surface area contributed by atoms with Gasteiger partial charge in [0.25, 0.3) is 5.56 Å². The number of hydrogen-bond donors (Lipinski definition) is 1. The number of nitriles is 1. The first-order valence-electron chi connectivity index (χ1n) is 9.17. The lowest BCUT2D eigenvalue weighted by Gasteiger charge is -2.48. The van der Waals surface area contributed by atoms with Crippen LogP contribution in [0.1, 0.15) is 31.9 Å². The number of rotatable bonds is 4. The van der Waals surface area contributed by atoms with Crippen LogP contribution in [0.25, 0.3) is 0 Å². The lowest BCUT2D eigenvalue weighted by Crippen LogP contribution is -2.61. The number of nitrogens with zero attached hydrogens (tertiary/aromatic N) is 2. The molecule has 0 spiro atoms. The second-order valence-electron chi connectivity index (χ2n) is 7.30. The van der Waals surface area contributed by atoms with Gasteiger partial charge in [-0.3, -0.25) is 14.3 Å². The number of nitrogens with one attached hydrogen (secondary N) is 1. The van der Waals surface area contributed by atoms with E-state index in [0.29, 0.717) is 24.3 Å². The number of fused-ring (bicyclic) bond motifs is 1. The van der Waals surface area contributed by atoms with Crippen LogP contribution in [-0.2, 0) is 18.9 Å². The van der Waals surface area contributed by atoms with Crippen LogP contribution >= 0.6 is 24.0 Å². The Morgan fingerprint density at radius 3 is 2.97 bits per heavy atom. The third-order valence-electron chi connectivity index (χ3n) is 4.73. The summed E-state index contributed by atoms with van der Waals surface area (Å²) >= 11 is 6.59. The molecular weight excluding hydrogens is 418 g/mol. The van der Waals surface area contributed by atoms with Gasteiger partial charge in [0.05, 0.1) is 19.3 Å². The molecule has 1 aromatic rings. The molecule has 29 heavy (non-hydrogen) atoms. The van der Waals surface area contributed by atoms with E-state index in [1.54, 1.807) is 20.8 Å². The van der Waals surface area contributed by atoms with Gasteiger partial charge in [0.2, 0.25) is 4.38 Å². The van der Waals surface area contributed by atoms with Crippen LogP contribution < -0.4 is 11.2 Å². The first-order chi connectivity index (χ1) is 13.7. The zero-order valence-electron chi connectivity index (χ0n) is 16.4. The second-order valence-corrected chi connectivity index (χ2v) is 9.00. The Hall–Kier alpha value is -1.71. The summed E-state index contributed by atoms with van der Waals surface area (Å²) in [6.07, 6.45) is 0.277. The highest BCUT2D eigenvalue weighted by molar-refractivity contribution is 8.22. The van der Waals surface area contributed by atoms with E-state index in [1.807, 2.05) is 0 Å². The summed E-state index contributed by atoms with van der Waals surface area (Å²) in [5.74, 6) is -0.347. The molecule has 0 unspecified atom stereocenters. The fourth-order valence-electron chi connectivity index (χ4n) is 3.31. The molecule has 0 saturated carbocycles. The highest BCUT2D eigenvalue weighted by atomic mass is 32.2. The molecule has 2 aliphatic heterocycles. The molecule has 1 N–H and O–H groups in total. The van der Waals surface area contributed by atoms with Crippen molar-refractivity contribution in [3.63, 3.8) is 0 Å². The van der Waals surface area contributed by atoms with E-state index in [1.165, 1.54) is 22.5 Å². The highest BCUT2D eigenvalue weighted by Crippen LogP contribution is 2.36. The van der Waals surface area contributed by atoms with Gasteiger partial charge in [0.1, 0.15) is 18.2 Å². The van der Waals surface area contributed by atoms with Crippen molar-refractivity contribution < 1.29 is 18.9 Å². The van der Waals surface area contributed by atoms with E-state index in [4.69, 9.17) is 36.4 Å². The topological polar surface area (TPSA) is 116 Å². The van der Waals surface area contributed by atoms with Crippen LogP contribution in [0.5, 0.6) is 0 Å². The number of ether oxygens (including phenoxy) is 4. The van der Waals surface area contributed by atoms with Crippen LogP contribution in [-0.4, -0.2) is 57.0 Å². The fourth-order valence-corrected chi connectivity index (χ4v) is 4.21. The molecule has 2 aliphatic rings. The molecule has 2 saturated heterocycles. The molecule has 9 nitrogen and oxygen atoms in total. The molecule has 4 atom stereocenters. The fraction of sp³-hybridized carbons (Fsp3) is 0.667. The van der Waals surface area contributed by atoms with Crippen LogP contribution in [0, 0.1) is 18.3 Å². The number of aryl methyl sites for hydroxylation is 1. The second kappa shape index (κ2) is 8.97. The van der Waals surface area contributed by atoms with E-state index in [0.717, 1.165) is 0 Å². The average Bonchev–Trinajstić information content (AvgIpc) is 2.65. The van der Waals surface area contributed by atoms with Gasteiger partial charge < -0.3 is 18.9 Å². The quantitative estimate of drug-likeness (QED) is 0.544. The van der Waals surface area contributed by atoms with Crippen molar-refractivity contribution in [2.45, 2.75) is 57.3 Å². The maximum Gasteiger partial charge on any atom is 0.328 e. The van der Waals surface area contributed by atoms with Gasteiger partial charge in [-0.25, -0.2) is 4.79 Å². The standard InChI is InChI=1S/C18H23N3O6S2/c1-10-7-21(16(23)20-15(10)22)11-8-24-12-9-25-18(2,3)27-14(12)13(11)26-17(28)29-6-4-5-19/h7,11-14H,4,6,8-9H2,1-3H3,(H,20,22,23)/t11-,12-,13+,14-/m0/s1. The Bertz CT molecular complexity index is 921. The van der Waals surface area contributed by atoms with E-state index in [-0.39, 0.29) is 17.1 Å². The van der Waals surface area contributed by atoms with Gasteiger partial charge in [0.15, 0.2) is 11.9 Å². The van der Waals surface area contributed by atoms with Gasteiger partial charge in [0, 0.05) is 23.9 Å². The SMILES string of the molecule is Cc1cn([C@H]2CO[C@H]3COC(C)(C)O[C@@H]3[C@@H]2OC(=S)SCCC#N)c(=O)[nH]c1=O. The molecular formula is C18H23N3O6S2. The number of H-pyrrole nitrogens is 1. The average molecular weight is 442 g/mol. The highest BCUT2D eigenvalue weighted by Gasteiger charge is 2.50. The van der Waals surface area contributed by atoms with E-state index < -0.39 is 35.3 Å². The van der Waals surface area contributed by atoms with Crippen molar-refractivity contribution in [1.29, 1.82) is 5.26 Å². The van der Waals surface area contributed by atoms with Crippen molar-refractivity contribution in [2.75, 3.05) is 19.0 Å². The van der Waals surface area contributed by atoms with Gasteiger partial charge in [-0.15, -0.1) is 0 Å². The molecule has 158 valence electrons. The number of aromatic nitrogens is 2. The maximum absolute atomic E-state index is 12.5. The summed E-state index contributed by atoms with van der Waals surface area (Å²) < 4.78 is 25.4. The summed E-state index contributed by atoms with van der Waals surface area (Å²) in [4.78, 5) is 26.6. The number of thiocarbonyl (C=S) groups is 1. The molecule has 0 bridgehead atoms. The maximum atomic E-state index is 12.5. The molecule has 11 heteroatoms. The molecule has 3 heterocycles. The van der Waals surface area contributed by atoms with Crippen molar-refractivity contribution in [1.82, 2.24) is 9.55 Å². The molecule has 1 aromatic heterocycles. The normalized spacial score (nSPS) is 28.2. The first kappa shape index (κ1) is 22.0. The predicted molar refractivity (Wildman–Crippen MR) is 110 cm³/mol. The van der Waals surface area contributed by atoms with Crippen LogP contribution in [0.2, 0.25) is 0 Å². The minimum absolute atomic E-state index is 0.163. The van der Waals surface area contributed by atoms with Crippen molar-refractivity contribution in [3.05, 3.63) is 32.6 Å². The van der Waals surface area contributed by atoms with Gasteiger partial charge >= 0.3 is 5.69 Å². The van der Waals surface area contributed by atoms with Gasteiger partial charge in [-0.1, -0.05) is 11.8 Å². The number of hydrogen-bond acceptors (Lipinski definition) is 9. The van der Waals surface area contributed by atoms with Crippen LogP contribution in [0.3, 0.4) is 0 Å². The summed E-state index contributed by atoms with van der Waals surface area (Å²) in [6, 6.07) is 1.49. The van der Waals surface area contributed by atoms with E-state index in [2.05, 4.69) is 11.1 Å². The lowest BCUT2D eigenvalue weighted by atomic mass is 9.96. The van der Waals surface area contributed by atoms with Gasteiger partial charge in [-0.2, -0.15) is 5.26 Å². The molecule has 0 amide bonds. The number of aromatic amines is 1. The first-order valence-corrected chi connectivity index (χ1v) is 10.6. The summed E-state index contributed by atoms with van der Waals surface area (Å²) in [5.41, 5.74) is -0.607. The zero-order valence-corrected chi connectivity index (χ0v) is 18.0. The van der Waals surface area contributed by atoms with Crippen molar-refractivity contribution >= 4 is 28.4 Å². The zero-order chi connectivity index (χ0) is 21.2. The summed E-state index contributed by atoms with van der Waals surface area (Å²) in [5, 5.41) is 8.72. The smallest absolute Gasteiger partial charge is 0.328 e. The predicted octanol–water partition coefficient (Wildman–Crippen LogP) is 1.25. The van der Waals surface area contributed by atoms with Crippen molar-refractivity contribution in [2.24, 2.45) is 0 Å². The van der Waals surface area contributed by atoms with Crippen molar-refractivity contribution in [3.8, 4) is 6.07 Å². The Kier molecular flexibility index (Phi) is 6.80. The Morgan fingerprint density at radius 2 is 2.24 bits per heavy atom. The lowest BCUT2D eigenvalue weighted by molar-refractivity contribution is -0.339. The van der Waals surface area contributed by atoms with Gasteiger partial charge in [-0.05, 0) is 33.0 Å². The largest absolute Gasteiger partial charge is 0.470 e. The minimum atomic E-state index is -0.852. The monoisotopic (exact) mass is 441 g/mol. The Balaban J connectivity index is 1.92.